The van der Waals surface area contributed by atoms with Crippen LogP contribution in [0.2, 0.25) is 20.1 Å². The molecule has 0 N–H and O–H groups in total. The first-order valence-electron chi connectivity index (χ1n) is 9.88. The van der Waals surface area contributed by atoms with Crippen molar-refractivity contribution in [2.45, 2.75) is 30.6 Å². The fourth-order valence-corrected chi connectivity index (χ4v) is 3.88. The van der Waals surface area contributed by atoms with Crippen LogP contribution < -0.4 is 0 Å². The molecular weight excluding hydrogens is 629 g/mol. The third kappa shape index (κ3) is 8.08. The van der Waals surface area contributed by atoms with Gasteiger partial charge < -0.3 is 25.3 Å². The van der Waals surface area contributed by atoms with E-state index in [4.69, 9.17) is 71.7 Å². The summed E-state index contributed by atoms with van der Waals surface area (Å²) < 4.78 is 2.97. The summed E-state index contributed by atoms with van der Waals surface area (Å²) in [5, 5.41) is 26.5. The molecule has 2 aromatic carbocycles. The van der Waals surface area contributed by atoms with Gasteiger partial charge in [0.1, 0.15) is 5.82 Å². The Morgan fingerprint density at radius 2 is 1.25 bits per heavy atom. The van der Waals surface area contributed by atoms with Crippen molar-refractivity contribution in [2.24, 2.45) is 10.2 Å². The average molecular weight is 645 g/mol. The molecule has 189 valence electrons. The molecule has 0 spiro atoms. The van der Waals surface area contributed by atoms with E-state index in [1.165, 1.54) is 9.35 Å². The number of nitrogens with zero attached hydrogens (tertiary/aromatic N) is 8. The first kappa shape index (κ1) is 30.4. The van der Waals surface area contributed by atoms with Gasteiger partial charge in [-0.05, 0) is 31.2 Å². The smallest absolute Gasteiger partial charge is 0.738 e. The minimum absolute atomic E-state index is 0. The molecular formula is C21H16Cl4CoN8S2. The molecule has 0 saturated carbocycles. The Bertz CT molecular complexity index is 1370. The monoisotopic (exact) mass is 643 g/mol. The first-order valence-corrected chi connectivity index (χ1v) is 12.2. The third-order valence-electron chi connectivity index (χ3n) is 4.31. The van der Waals surface area contributed by atoms with E-state index in [1.54, 1.807) is 55.8 Å². The molecule has 0 amide bonds. The molecule has 8 nitrogen and oxygen atoms in total. The van der Waals surface area contributed by atoms with E-state index >= 15 is 0 Å². The number of hydrogen-bond acceptors (Lipinski definition) is 8. The van der Waals surface area contributed by atoms with Crippen molar-refractivity contribution in [1.82, 2.24) is 29.7 Å². The van der Waals surface area contributed by atoms with Gasteiger partial charge in [0.25, 0.3) is 0 Å². The van der Waals surface area contributed by atoms with E-state index in [0.717, 1.165) is 11.1 Å². The Hall–Kier alpha value is -1.83. The number of benzene rings is 2. The minimum atomic E-state index is 0. The Morgan fingerprint density at radius 1 is 0.778 bits per heavy atom. The van der Waals surface area contributed by atoms with Crippen LogP contribution in [-0.4, -0.2) is 42.2 Å². The van der Waals surface area contributed by atoms with Crippen molar-refractivity contribution in [2.75, 3.05) is 0 Å². The predicted molar refractivity (Wildman–Crippen MR) is 144 cm³/mol. The van der Waals surface area contributed by atoms with Crippen LogP contribution in [-0.2, 0) is 48.5 Å². The second-order valence-electron chi connectivity index (χ2n) is 6.73. The van der Waals surface area contributed by atoms with Crippen molar-refractivity contribution in [3.05, 3.63) is 79.3 Å². The van der Waals surface area contributed by atoms with E-state index in [0.29, 0.717) is 48.5 Å². The van der Waals surface area contributed by atoms with Crippen LogP contribution in [0, 0.1) is 6.92 Å². The summed E-state index contributed by atoms with van der Waals surface area (Å²) in [6.07, 6.45) is 3.90. The van der Waals surface area contributed by atoms with Gasteiger partial charge in [-0.3, -0.25) is 0 Å². The quantitative estimate of drug-likeness (QED) is 0.207. The topological polar surface area (TPSA) is 86.1 Å². The summed E-state index contributed by atoms with van der Waals surface area (Å²) in [7, 11) is 0. The summed E-state index contributed by atoms with van der Waals surface area (Å²) >= 11 is 33.7. The van der Waals surface area contributed by atoms with Gasteiger partial charge in [0.2, 0.25) is 0 Å². The SMILES string of the molecule is CCc1nnc([S-])n1N=Cc1ccc(Cl)cc1Cl.Cc1nnc([S-])n1N=Cc1ccc(Cl)cc1Cl.[Co+2]. The van der Waals surface area contributed by atoms with Crippen LogP contribution in [0.5, 0.6) is 0 Å². The molecule has 0 fully saturated rings. The maximum absolute atomic E-state index is 6.04. The molecule has 15 heteroatoms. The molecule has 36 heavy (non-hydrogen) atoms. The van der Waals surface area contributed by atoms with Gasteiger partial charge in [-0.15, -0.1) is 10.2 Å². The molecule has 4 aromatic rings. The van der Waals surface area contributed by atoms with Crippen LogP contribution >= 0.6 is 46.4 Å². The molecule has 1 radical (unpaired) electrons. The zero-order valence-corrected chi connectivity index (χ0v) is 24.3. The zero-order valence-electron chi connectivity index (χ0n) is 18.6. The Morgan fingerprint density at radius 3 is 1.69 bits per heavy atom. The summed E-state index contributed by atoms with van der Waals surface area (Å²) in [5.74, 6) is 1.33. The average Bonchev–Trinajstić information content (AvgIpc) is 3.34. The van der Waals surface area contributed by atoms with Crippen molar-refractivity contribution in [1.29, 1.82) is 0 Å². The van der Waals surface area contributed by atoms with E-state index in [1.807, 2.05) is 6.92 Å². The number of aromatic nitrogens is 6. The molecule has 2 aromatic heterocycles. The van der Waals surface area contributed by atoms with E-state index in [-0.39, 0.29) is 16.8 Å². The van der Waals surface area contributed by atoms with E-state index in [2.05, 4.69) is 30.6 Å². The van der Waals surface area contributed by atoms with Gasteiger partial charge in [0.05, 0.1) is 22.5 Å². The summed E-state index contributed by atoms with van der Waals surface area (Å²) in [6.45, 7) is 3.73. The van der Waals surface area contributed by atoms with Gasteiger partial charge in [-0.1, -0.05) is 65.5 Å². The summed E-state index contributed by atoms with van der Waals surface area (Å²) in [6, 6.07) is 10.4. The van der Waals surface area contributed by atoms with E-state index in [9.17, 15) is 0 Å². The van der Waals surface area contributed by atoms with Gasteiger partial charge in [-0.2, -0.15) is 20.4 Å². The molecule has 0 aliphatic rings. The van der Waals surface area contributed by atoms with Crippen molar-refractivity contribution < 1.29 is 16.8 Å². The largest absolute Gasteiger partial charge is 2.00 e. The summed E-state index contributed by atoms with van der Waals surface area (Å²) in [5.41, 5.74) is 1.50. The number of hydrogen-bond donors (Lipinski definition) is 0. The van der Waals surface area contributed by atoms with Crippen LogP contribution in [0.3, 0.4) is 0 Å². The standard InChI is InChI=1S/C11H10Cl2N4S.C10H8Cl2N4S.Co/c1-2-10-15-16-11(18)17(10)14-6-7-3-4-8(12)5-9(7)13;1-6-14-15-10(17)16(6)13-5-7-2-3-8(11)4-9(7)12;/h3-6H,2H2,1H3,(H,16,18);2-5H,1H3,(H,15,17);/q;;+2/p-2. The van der Waals surface area contributed by atoms with Gasteiger partial charge in [0, 0.05) is 37.9 Å². The number of rotatable bonds is 5. The maximum atomic E-state index is 6.04. The molecule has 0 aliphatic carbocycles. The van der Waals surface area contributed by atoms with Crippen LogP contribution in [0.25, 0.3) is 0 Å². The second-order valence-corrected chi connectivity index (χ2v) is 9.14. The maximum Gasteiger partial charge on any atom is 2.00 e. The Labute approximate surface area is 249 Å². The molecule has 0 bridgehead atoms. The Kier molecular flexibility index (Phi) is 12.0. The van der Waals surface area contributed by atoms with Crippen molar-refractivity contribution in [3.8, 4) is 0 Å². The molecule has 0 unspecified atom stereocenters. The van der Waals surface area contributed by atoms with Crippen molar-refractivity contribution in [3.63, 3.8) is 0 Å². The van der Waals surface area contributed by atoms with E-state index < -0.39 is 0 Å². The summed E-state index contributed by atoms with van der Waals surface area (Å²) in [4.78, 5) is 0. The third-order valence-corrected chi connectivity index (χ3v) is 5.94. The van der Waals surface area contributed by atoms with Gasteiger partial charge in [-0.25, -0.2) is 9.35 Å². The zero-order chi connectivity index (χ0) is 25.5. The fraction of sp³-hybridized carbons (Fsp3) is 0.143. The van der Waals surface area contributed by atoms with Crippen LogP contribution in [0.1, 0.15) is 29.7 Å². The van der Waals surface area contributed by atoms with Crippen LogP contribution in [0.4, 0.5) is 0 Å². The van der Waals surface area contributed by atoms with Crippen molar-refractivity contribution >= 4 is 84.1 Å². The molecule has 0 saturated heterocycles. The second kappa shape index (κ2) is 14.2. The van der Waals surface area contributed by atoms with Crippen LogP contribution in [0.15, 0.2) is 56.9 Å². The fourth-order valence-electron chi connectivity index (χ4n) is 2.56. The normalized spacial score (nSPS) is 10.9. The Balaban J connectivity index is 0.000000247. The molecule has 2 heterocycles. The molecule has 4 rings (SSSR count). The first-order chi connectivity index (χ1) is 16.7. The molecule has 0 atom stereocenters. The minimum Gasteiger partial charge on any atom is -0.738 e. The van der Waals surface area contributed by atoms with Gasteiger partial charge >= 0.3 is 16.8 Å². The number of halogens is 4. The molecule has 0 aliphatic heterocycles. The number of aryl methyl sites for hydroxylation is 2. The van der Waals surface area contributed by atoms with Gasteiger partial charge in [0.15, 0.2) is 5.82 Å². The predicted octanol–water partition coefficient (Wildman–Crippen LogP) is 5.61.